The predicted molar refractivity (Wildman–Crippen MR) is 87.8 cm³/mol. The van der Waals surface area contributed by atoms with Crippen molar-refractivity contribution in [3.8, 4) is 0 Å². The average Bonchev–Trinajstić information content (AvgIpc) is 2.46. The third-order valence-electron chi connectivity index (χ3n) is 2.89. The molecule has 0 radical (unpaired) electrons. The van der Waals surface area contributed by atoms with Gasteiger partial charge in [-0.3, -0.25) is 0 Å². The number of nitrogens with two attached hydrogens (primary N) is 4. The van der Waals surface area contributed by atoms with Gasteiger partial charge >= 0.3 is 0 Å². The van der Waals surface area contributed by atoms with Crippen molar-refractivity contribution >= 4 is 21.6 Å². The van der Waals surface area contributed by atoms with Gasteiger partial charge in [-0.15, -0.1) is 0 Å². The van der Waals surface area contributed by atoms with E-state index in [4.69, 9.17) is 22.9 Å². The molecule has 1 aromatic rings. The fourth-order valence-electron chi connectivity index (χ4n) is 1.98. The number of rotatable bonds is 9. The lowest BCUT2D eigenvalue weighted by Gasteiger charge is -2.15. The molecule has 8 N–H and O–H groups in total. The van der Waals surface area contributed by atoms with E-state index in [0.29, 0.717) is 19.6 Å². The van der Waals surface area contributed by atoms with Crippen molar-refractivity contribution in [2.45, 2.75) is 26.1 Å². The number of hydrogen-bond donors (Lipinski definition) is 4. The van der Waals surface area contributed by atoms with E-state index in [1.807, 2.05) is 21.6 Å². The molecule has 0 unspecified atom stereocenters. The van der Waals surface area contributed by atoms with Crippen molar-refractivity contribution in [3.05, 3.63) is 34.4 Å². The minimum absolute atomic E-state index is 0.529. The van der Waals surface area contributed by atoms with Gasteiger partial charge in [-0.2, -0.15) is 0 Å². The predicted octanol–water partition coefficient (Wildman–Crippen LogP) is 0.945. The van der Waals surface area contributed by atoms with Gasteiger partial charge in [0.1, 0.15) is 0 Å². The highest BCUT2D eigenvalue weighted by Crippen LogP contribution is 2.24. The Morgan fingerprint density at radius 1 is 0.789 bits per heavy atom. The molecule has 0 aliphatic carbocycles. The summed E-state index contributed by atoms with van der Waals surface area (Å²) in [4.78, 5) is 0. The number of hydrogen-bond acceptors (Lipinski definition) is 6. The fourth-order valence-corrected chi connectivity index (χ4v) is 3.85. The van der Waals surface area contributed by atoms with E-state index in [-0.39, 0.29) is 0 Å². The summed E-state index contributed by atoms with van der Waals surface area (Å²) in [5.41, 5.74) is 27.6. The van der Waals surface area contributed by atoms with Gasteiger partial charge in [0.2, 0.25) is 0 Å². The lowest BCUT2D eigenvalue weighted by molar-refractivity contribution is 0.932. The molecular weight excluding hydrogens is 276 g/mol. The van der Waals surface area contributed by atoms with Crippen LogP contribution in [0.15, 0.2) is 12.1 Å². The number of benzene rings is 1. The van der Waals surface area contributed by atoms with Gasteiger partial charge in [0.15, 0.2) is 0 Å². The molecule has 6 heteroatoms. The Balaban J connectivity index is 2.73. The van der Waals surface area contributed by atoms with Gasteiger partial charge in [0, 0.05) is 37.7 Å². The second-order valence-corrected chi connectivity index (χ2v) is 6.89. The van der Waals surface area contributed by atoms with Crippen molar-refractivity contribution < 1.29 is 0 Å². The van der Waals surface area contributed by atoms with Crippen LogP contribution < -0.4 is 22.9 Å². The van der Waals surface area contributed by atoms with E-state index in [1.165, 1.54) is 16.7 Å². The van der Waals surface area contributed by atoms with E-state index in [0.717, 1.165) is 30.0 Å². The van der Waals surface area contributed by atoms with Gasteiger partial charge in [-0.05, 0) is 28.7 Å². The molecule has 0 amide bonds. The third kappa shape index (κ3) is 5.33. The molecule has 0 aromatic heterocycles. The first-order chi connectivity index (χ1) is 9.26. The van der Waals surface area contributed by atoms with Gasteiger partial charge in [-0.25, -0.2) is 0 Å². The largest absolute Gasteiger partial charge is 0.330 e. The van der Waals surface area contributed by atoms with Gasteiger partial charge in [0.05, 0.1) is 0 Å². The minimum atomic E-state index is 0.529. The van der Waals surface area contributed by atoms with E-state index in [2.05, 4.69) is 12.1 Å². The molecule has 19 heavy (non-hydrogen) atoms. The van der Waals surface area contributed by atoms with Crippen LogP contribution in [0.25, 0.3) is 0 Å². The average molecular weight is 300 g/mol. The second-order valence-electron chi connectivity index (χ2n) is 4.19. The molecule has 4 nitrogen and oxygen atoms in total. The Labute approximate surface area is 123 Å². The molecule has 0 bridgehead atoms. The molecule has 0 atom stereocenters. The zero-order valence-corrected chi connectivity index (χ0v) is 12.9. The summed E-state index contributed by atoms with van der Waals surface area (Å²) in [6, 6.07) is 4.21. The highest BCUT2D eigenvalue weighted by Gasteiger charge is 2.09. The normalized spacial score (nSPS) is 10.9. The zero-order valence-electron chi connectivity index (χ0n) is 11.2. The Kier molecular flexibility index (Phi) is 8.52. The quantitative estimate of drug-likeness (QED) is 0.400. The van der Waals surface area contributed by atoms with Crippen LogP contribution in [-0.2, 0) is 26.1 Å². The molecule has 1 rings (SSSR count). The summed E-state index contributed by atoms with van der Waals surface area (Å²) in [6.07, 6.45) is 0.992. The summed E-state index contributed by atoms with van der Waals surface area (Å²) >= 11 is 0. The highest BCUT2D eigenvalue weighted by molar-refractivity contribution is 8.76. The first-order valence-electron chi connectivity index (χ1n) is 6.45. The molecule has 108 valence electrons. The van der Waals surface area contributed by atoms with Crippen LogP contribution in [0.3, 0.4) is 0 Å². The summed E-state index contributed by atoms with van der Waals surface area (Å²) < 4.78 is 0. The molecule has 1 aromatic carbocycles. The van der Waals surface area contributed by atoms with Crippen molar-refractivity contribution in [3.63, 3.8) is 0 Å². The molecule has 0 heterocycles. The standard InChI is InChI=1S/C13H24N4S2/c14-2-4-19-18-3-1-13-11(8-16)5-10(7-15)6-12(13)9-17/h5-6H,1-4,7-9,14-17H2. The van der Waals surface area contributed by atoms with Crippen molar-refractivity contribution in [1.82, 2.24) is 0 Å². The lowest BCUT2D eigenvalue weighted by atomic mass is 9.95. The van der Waals surface area contributed by atoms with E-state index in [1.54, 1.807) is 0 Å². The van der Waals surface area contributed by atoms with Crippen LogP contribution in [0.2, 0.25) is 0 Å². The Hall–Kier alpha value is -0.240. The Bertz CT molecular complexity index is 360. The third-order valence-corrected chi connectivity index (χ3v) is 5.33. The Morgan fingerprint density at radius 2 is 1.37 bits per heavy atom. The van der Waals surface area contributed by atoms with Crippen LogP contribution in [0, 0.1) is 0 Å². The van der Waals surface area contributed by atoms with Crippen LogP contribution in [0.4, 0.5) is 0 Å². The van der Waals surface area contributed by atoms with Gasteiger partial charge < -0.3 is 22.9 Å². The molecular formula is C13H24N4S2. The maximum absolute atomic E-state index is 5.84. The Morgan fingerprint density at radius 3 is 1.84 bits per heavy atom. The van der Waals surface area contributed by atoms with Crippen LogP contribution >= 0.6 is 21.6 Å². The monoisotopic (exact) mass is 300 g/mol. The minimum Gasteiger partial charge on any atom is -0.330 e. The summed E-state index contributed by atoms with van der Waals surface area (Å²) in [5, 5.41) is 0. The van der Waals surface area contributed by atoms with Crippen molar-refractivity contribution in [2.75, 3.05) is 18.1 Å². The first kappa shape index (κ1) is 16.8. The van der Waals surface area contributed by atoms with E-state index >= 15 is 0 Å². The van der Waals surface area contributed by atoms with Crippen LogP contribution in [0.5, 0.6) is 0 Å². The van der Waals surface area contributed by atoms with Crippen molar-refractivity contribution in [1.29, 1.82) is 0 Å². The van der Waals surface area contributed by atoms with E-state index < -0.39 is 0 Å². The van der Waals surface area contributed by atoms with Crippen molar-refractivity contribution in [2.24, 2.45) is 22.9 Å². The SMILES string of the molecule is NCCSSCCc1c(CN)cc(CN)cc1CN. The zero-order chi connectivity index (χ0) is 14.1. The van der Waals surface area contributed by atoms with Crippen LogP contribution in [-0.4, -0.2) is 18.1 Å². The van der Waals surface area contributed by atoms with E-state index in [9.17, 15) is 0 Å². The second kappa shape index (κ2) is 9.63. The maximum Gasteiger partial charge on any atom is 0.0181 e. The molecule has 0 aliphatic rings. The molecule has 0 saturated heterocycles. The maximum atomic E-state index is 5.84. The lowest BCUT2D eigenvalue weighted by Crippen LogP contribution is -2.11. The van der Waals surface area contributed by atoms with Gasteiger partial charge in [-0.1, -0.05) is 33.7 Å². The summed E-state index contributed by atoms with van der Waals surface area (Å²) in [5.74, 6) is 2.04. The first-order valence-corrected chi connectivity index (χ1v) is 8.93. The molecule has 0 fully saturated rings. The summed E-state index contributed by atoms with van der Waals surface area (Å²) in [6.45, 7) is 2.33. The molecule has 0 aliphatic heterocycles. The molecule has 0 saturated carbocycles. The molecule has 0 spiro atoms. The topological polar surface area (TPSA) is 104 Å². The highest BCUT2D eigenvalue weighted by atomic mass is 33.1. The van der Waals surface area contributed by atoms with Crippen LogP contribution in [0.1, 0.15) is 22.3 Å². The fraction of sp³-hybridized carbons (Fsp3) is 0.538. The smallest absolute Gasteiger partial charge is 0.0181 e. The van der Waals surface area contributed by atoms with Gasteiger partial charge in [0.25, 0.3) is 0 Å². The summed E-state index contributed by atoms with van der Waals surface area (Å²) in [7, 11) is 3.67.